The minimum atomic E-state index is -0.413. The summed E-state index contributed by atoms with van der Waals surface area (Å²) in [7, 11) is 0. The number of halogens is 1. The summed E-state index contributed by atoms with van der Waals surface area (Å²) in [6.45, 7) is 10.0. The first-order valence-corrected chi connectivity index (χ1v) is 10.2. The van der Waals surface area contributed by atoms with E-state index in [1.54, 1.807) is 4.90 Å². The molecule has 1 aromatic rings. The highest BCUT2D eigenvalue weighted by Gasteiger charge is 2.35. The highest BCUT2D eigenvalue weighted by atomic mass is 35.5. The highest BCUT2D eigenvalue weighted by Crippen LogP contribution is 2.25. The van der Waals surface area contributed by atoms with Crippen molar-refractivity contribution < 1.29 is 9.59 Å². The lowest BCUT2D eigenvalue weighted by Crippen LogP contribution is -2.54. The minimum absolute atomic E-state index is 0. The first-order chi connectivity index (χ1) is 13.1. The molecule has 0 bridgehead atoms. The van der Waals surface area contributed by atoms with Gasteiger partial charge in [-0.25, -0.2) is 0 Å². The molecule has 6 nitrogen and oxygen atoms in total. The summed E-state index contributed by atoms with van der Waals surface area (Å²) in [6.07, 6.45) is 1.38. The van der Waals surface area contributed by atoms with E-state index in [9.17, 15) is 9.59 Å². The Bertz CT molecular complexity index is 664. The van der Waals surface area contributed by atoms with Crippen LogP contribution in [0.3, 0.4) is 0 Å². The molecule has 3 rings (SSSR count). The summed E-state index contributed by atoms with van der Waals surface area (Å²) in [4.78, 5) is 30.0. The molecule has 0 aromatic heterocycles. The van der Waals surface area contributed by atoms with Crippen molar-refractivity contribution in [3.05, 3.63) is 35.4 Å². The van der Waals surface area contributed by atoms with Gasteiger partial charge in [0, 0.05) is 58.2 Å². The molecule has 7 heteroatoms. The van der Waals surface area contributed by atoms with Crippen molar-refractivity contribution >= 4 is 24.2 Å². The van der Waals surface area contributed by atoms with Crippen LogP contribution in [0.2, 0.25) is 0 Å². The lowest BCUT2D eigenvalue weighted by atomic mass is 9.92. The lowest BCUT2D eigenvalue weighted by Gasteiger charge is -2.37. The van der Waals surface area contributed by atoms with E-state index in [2.05, 4.69) is 27.7 Å². The standard InChI is InChI=1S/C21H32N4O2.ClH/c1-3-16(2)21(27)25-15-18-7-5-4-6-17(18)14-19(25)20(26)23-10-13-24-11-8-22-9-12-24;/h4-7,16,19,22H,3,8-15H2,1-2H3,(H,23,26);1H. The number of rotatable bonds is 6. The Hall–Kier alpha value is -1.63. The molecule has 2 amide bonds. The van der Waals surface area contributed by atoms with Crippen LogP contribution in [0.5, 0.6) is 0 Å². The van der Waals surface area contributed by atoms with Crippen LogP contribution in [0.4, 0.5) is 0 Å². The Morgan fingerprint density at radius 3 is 2.57 bits per heavy atom. The number of hydrogen-bond donors (Lipinski definition) is 2. The van der Waals surface area contributed by atoms with Gasteiger partial charge in [0.1, 0.15) is 6.04 Å². The smallest absolute Gasteiger partial charge is 0.243 e. The normalized spacial score (nSPS) is 20.6. The van der Waals surface area contributed by atoms with Crippen LogP contribution < -0.4 is 10.6 Å². The SMILES string of the molecule is CCC(C)C(=O)N1Cc2ccccc2CC1C(=O)NCCN1CCNCC1.Cl. The van der Waals surface area contributed by atoms with E-state index in [0.29, 0.717) is 19.5 Å². The summed E-state index contributed by atoms with van der Waals surface area (Å²) in [5.41, 5.74) is 2.33. The fourth-order valence-electron chi connectivity index (χ4n) is 3.84. The van der Waals surface area contributed by atoms with Gasteiger partial charge in [-0.1, -0.05) is 38.1 Å². The van der Waals surface area contributed by atoms with Crippen molar-refractivity contribution in [1.29, 1.82) is 0 Å². The third kappa shape index (κ3) is 5.46. The molecule has 156 valence electrons. The van der Waals surface area contributed by atoms with Crippen LogP contribution in [0.15, 0.2) is 24.3 Å². The second kappa shape index (κ2) is 10.8. The number of piperazine rings is 1. The third-order valence-corrected chi connectivity index (χ3v) is 5.81. The van der Waals surface area contributed by atoms with E-state index in [1.807, 2.05) is 26.0 Å². The maximum Gasteiger partial charge on any atom is 0.243 e. The minimum Gasteiger partial charge on any atom is -0.353 e. The monoisotopic (exact) mass is 408 g/mol. The maximum absolute atomic E-state index is 12.9. The van der Waals surface area contributed by atoms with E-state index in [0.717, 1.165) is 44.7 Å². The Labute approximate surface area is 174 Å². The highest BCUT2D eigenvalue weighted by molar-refractivity contribution is 5.89. The zero-order valence-electron chi connectivity index (χ0n) is 16.9. The average molecular weight is 409 g/mol. The van der Waals surface area contributed by atoms with Gasteiger partial charge in [0.25, 0.3) is 0 Å². The fourth-order valence-corrected chi connectivity index (χ4v) is 3.84. The molecule has 2 aliphatic rings. The quantitative estimate of drug-likeness (QED) is 0.747. The van der Waals surface area contributed by atoms with Gasteiger partial charge in [0.2, 0.25) is 11.8 Å². The van der Waals surface area contributed by atoms with E-state index in [4.69, 9.17) is 0 Å². The van der Waals surface area contributed by atoms with Crippen molar-refractivity contribution in [3.63, 3.8) is 0 Å². The Morgan fingerprint density at radius 1 is 1.21 bits per heavy atom. The van der Waals surface area contributed by atoms with Gasteiger partial charge in [-0.3, -0.25) is 14.5 Å². The predicted molar refractivity (Wildman–Crippen MR) is 114 cm³/mol. The number of amides is 2. The van der Waals surface area contributed by atoms with Gasteiger partial charge < -0.3 is 15.5 Å². The number of carbonyl (C=O) groups is 2. The van der Waals surface area contributed by atoms with E-state index < -0.39 is 6.04 Å². The van der Waals surface area contributed by atoms with Crippen molar-refractivity contribution in [2.75, 3.05) is 39.3 Å². The molecule has 0 radical (unpaired) electrons. The fraction of sp³-hybridized carbons (Fsp3) is 0.619. The zero-order chi connectivity index (χ0) is 19.2. The number of hydrogen-bond acceptors (Lipinski definition) is 4. The zero-order valence-corrected chi connectivity index (χ0v) is 17.8. The topological polar surface area (TPSA) is 64.7 Å². The number of nitrogens with one attached hydrogen (secondary N) is 2. The summed E-state index contributed by atoms with van der Waals surface area (Å²) >= 11 is 0. The van der Waals surface area contributed by atoms with Gasteiger partial charge in [-0.15, -0.1) is 12.4 Å². The van der Waals surface area contributed by atoms with Gasteiger partial charge >= 0.3 is 0 Å². The molecule has 2 aliphatic heterocycles. The van der Waals surface area contributed by atoms with Crippen LogP contribution in [0, 0.1) is 5.92 Å². The molecule has 0 aliphatic carbocycles. The van der Waals surface area contributed by atoms with Crippen LogP contribution in [-0.2, 0) is 22.6 Å². The molecular weight excluding hydrogens is 376 g/mol. The van der Waals surface area contributed by atoms with Gasteiger partial charge in [-0.2, -0.15) is 0 Å². The Kier molecular flexibility index (Phi) is 8.73. The molecule has 2 heterocycles. The molecule has 0 spiro atoms. The summed E-state index contributed by atoms with van der Waals surface area (Å²) in [5.74, 6) is -0.0167. The average Bonchev–Trinajstić information content (AvgIpc) is 2.72. The van der Waals surface area contributed by atoms with Crippen LogP contribution in [-0.4, -0.2) is 66.9 Å². The summed E-state index contributed by atoms with van der Waals surface area (Å²) in [5, 5.41) is 6.41. The van der Waals surface area contributed by atoms with Crippen molar-refractivity contribution in [1.82, 2.24) is 20.4 Å². The molecule has 1 aromatic carbocycles. The molecule has 2 atom stereocenters. The molecule has 1 saturated heterocycles. The number of nitrogens with zero attached hydrogens (tertiary/aromatic N) is 2. The van der Waals surface area contributed by atoms with Crippen LogP contribution in [0.25, 0.3) is 0 Å². The van der Waals surface area contributed by atoms with Crippen LogP contribution >= 0.6 is 12.4 Å². The van der Waals surface area contributed by atoms with Gasteiger partial charge in [0.05, 0.1) is 0 Å². The third-order valence-electron chi connectivity index (χ3n) is 5.81. The van der Waals surface area contributed by atoms with Gasteiger partial charge in [-0.05, 0) is 17.5 Å². The molecule has 1 fully saturated rings. The molecule has 28 heavy (non-hydrogen) atoms. The molecule has 2 N–H and O–H groups in total. The number of carbonyl (C=O) groups excluding carboxylic acids is 2. The first kappa shape index (κ1) is 22.7. The van der Waals surface area contributed by atoms with Crippen molar-refractivity contribution in [3.8, 4) is 0 Å². The molecular formula is C21H33ClN4O2. The second-order valence-corrected chi connectivity index (χ2v) is 7.65. The van der Waals surface area contributed by atoms with E-state index >= 15 is 0 Å². The lowest BCUT2D eigenvalue weighted by molar-refractivity contribution is -0.144. The Balaban J connectivity index is 0.00000280. The van der Waals surface area contributed by atoms with Crippen molar-refractivity contribution in [2.45, 2.75) is 39.3 Å². The Morgan fingerprint density at radius 2 is 1.89 bits per heavy atom. The predicted octanol–water partition coefficient (Wildman–Crippen LogP) is 1.43. The molecule has 0 saturated carbocycles. The number of benzene rings is 1. The van der Waals surface area contributed by atoms with E-state index in [1.165, 1.54) is 5.56 Å². The summed E-state index contributed by atoms with van der Waals surface area (Å²) < 4.78 is 0. The van der Waals surface area contributed by atoms with E-state index in [-0.39, 0.29) is 30.1 Å². The van der Waals surface area contributed by atoms with Crippen LogP contribution in [0.1, 0.15) is 31.4 Å². The van der Waals surface area contributed by atoms with Gasteiger partial charge in [0.15, 0.2) is 0 Å². The second-order valence-electron chi connectivity index (χ2n) is 7.65. The molecule has 2 unspecified atom stereocenters. The first-order valence-electron chi connectivity index (χ1n) is 10.2. The van der Waals surface area contributed by atoms with Crippen molar-refractivity contribution in [2.24, 2.45) is 5.92 Å². The largest absolute Gasteiger partial charge is 0.353 e. The number of fused-ring (bicyclic) bond motifs is 1. The maximum atomic E-state index is 12.9. The summed E-state index contributed by atoms with van der Waals surface area (Å²) in [6, 6.07) is 7.72.